The third-order valence-corrected chi connectivity index (χ3v) is 3.34. The van der Waals surface area contributed by atoms with Gasteiger partial charge in [0, 0.05) is 25.2 Å². The monoisotopic (exact) mass is 259 g/mol. The minimum Gasteiger partial charge on any atom is -0.478 e. The molecular weight excluding hydrogens is 238 g/mol. The van der Waals surface area contributed by atoms with E-state index in [1.165, 1.54) is 37.9 Å². The van der Waals surface area contributed by atoms with Crippen LogP contribution in [0.2, 0.25) is 0 Å². The molecule has 0 radical (unpaired) electrons. The first-order valence-electron chi connectivity index (χ1n) is 7.05. The molecule has 0 saturated carbocycles. The van der Waals surface area contributed by atoms with Gasteiger partial charge in [0.15, 0.2) is 0 Å². The van der Waals surface area contributed by atoms with Crippen molar-refractivity contribution in [3.05, 3.63) is 23.9 Å². The summed E-state index contributed by atoms with van der Waals surface area (Å²) in [5.41, 5.74) is 1.26. The second-order valence-electron chi connectivity index (χ2n) is 4.95. The summed E-state index contributed by atoms with van der Waals surface area (Å²) in [4.78, 5) is 6.69. The van der Waals surface area contributed by atoms with Crippen molar-refractivity contribution in [3.63, 3.8) is 0 Å². The van der Waals surface area contributed by atoms with Crippen LogP contribution in [0.5, 0.6) is 5.88 Å². The maximum absolute atomic E-state index is 8.46. The number of nitriles is 1. The first kappa shape index (κ1) is 13.8. The minimum atomic E-state index is 0.535. The number of piperidine rings is 1. The van der Waals surface area contributed by atoms with Crippen LogP contribution in [0.1, 0.15) is 37.7 Å². The maximum atomic E-state index is 8.46. The second kappa shape index (κ2) is 7.75. The average molecular weight is 259 g/mol. The molecular formula is C15H21N3O. The zero-order valence-corrected chi connectivity index (χ0v) is 11.3. The topological polar surface area (TPSA) is 49.1 Å². The van der Waals surface area contributed by atoms with Gasteiger partial charge in [-0.05, 0) is 44.0 Å². The van der Waals surface area contributed by atoms with E-state index in [1.807, 2.05) is 6.07 Å². The average Bonchev–Trinajstić information content (AvgIpc) is 2.45. The molecule has 0 aliphatic carbocycles. The molecule has 2 rings (SSSR count). The molecule has 0 bridgehead atoms. The number of likely N-dealkylation sites (tertiary alicyclic amines) is 1. The summed E-state index contributed by atoms with van der Waals surface area (Å²) in [5, 5.41) is 8.46. The zero-order valence-electron chi connectivity index (χ0n) is 11.3. The van der Waals surface area contributed by atoms with Gasteiger partial charge in [0.25, 0.3) is 0 Å². The molecule has 19 heavy (non-hydrogen) atoms. The molecule has 4 heteroatoms. The van der Waals surface area contributed by atoms with Crippen molar-refractivity contribution in [2.45, 2.75) is 38.6 Å². The Balaban J connectivity index is 1.82. The number of ether oxygens (including phenoxy) is 1. The van der Waals surface area contributed by atoms with Gasteiger partial charge in [-0.25, -0.2) is 4.98 Å². The Morgan fingerprint density at radius 2 is 2.16 bits per heavy atom. The summed E-state index contributed by atoms with van der Waals surface area (Å²) < 4.78 is 5.56. The molecule has 102 valence electrons. The van der Waals surface area contributed by atoms with Crippen LogP contribution < -0.4 is 4.74 Å². The number of pyridine rings is 1. The van der Waals surface area contributed by atoms with Gasteiger partial charge >= 0.3 is 0 Å². The Hall–Kier alpha value is -1.60. The smallest absolute Gasteiger partial charge is 0.213 e. The standard InChI is InChI=1S/C15H21N3O/c16-7-2-5-11-19-15-12-14(6-8-17-15)13-18-9-3-1-4-10-18/h6,8,12H,1-5,9-11,13H2. The highest BCUT2D eigenvalue weighted by molar-refractivity contribution is 5.20. The van der Waals surface area contributed by atoms with Crippen LogP contribution >= 0.6 is 0 Å². The highest BCUT2D eigenvalue weighted by Gasteiger charge is 2.10. The van der Waals surface area contributed by atoms with Crippen molar-refractivity contribution in [2.75, 3.05) is 19.7 Å². The molecule has 0 spiro atoms. The van der Waals surface area contributed by atoms with Crippen molar-refractivity contribution in [3.8, 4) is 11.9 Å². The van der Waals surface area contributed by atoms with Crippen LogP contribution in [0, 0.1) is 11.3 Å². The van der Waals surface area contributed by atoms with E-state index in [1.54, 1.807) is 6.20 Å². The van der Waals surface area contributed by atoms with E-state index in [4.69, 9.17) is 10.00 Å². The fourth-order valence-electron chi connectivity index (χ4n) is 2.33. The lowest BCUT2D eigenvalue weighted by atomic mass is 10.1. The van der Waals surface area contributed by atoms with E-state index < -0.39 is 0 Å². The summed E-state index contributed by atoms with van der Waals surface area (Å²) in [7, 11) is 0. The summed E-state index contributed by atoms with van der Waals surface area (Å²) in [6, 6.07) is 6.18. The lowest BCUT2D eigenvalue weighted by Gasteiger charge is -2.26. The van der Waals surface area contributed by atoms with Gasteiger partial charge in [0.1, 0.15) is 0 Å². The number of unbranched alkanes of at least 4 members (excludes halogenated alkanes) is 1. The summed E-state index contributed by atoms with van der Waals surface area (Å²) in [5.74, 6) is 0.674. The Bertz CT molecular complexity index is 422. The van der Waals surface area contributed by atoms with Gasteiger partial charge in [-0.1, -0.05) is 6.42 Å². The van der Waals surface area contributed by atoms with Gasteiger partial charge in [0.05, 0.1) is 12.7 Å². The van der Waals surface area contributed by atoms with E-state index >= 15 is 0 Å². The van der Waals surface area contributed by atoms with Crippen LogP contribution in [0.15, 0.2) is 18.3 Å². The number of aromatic nitrogens is 1. The molecule has 4 nitrogen and oxygen atoms in total. The highest BCUT2D eigenvalue weighted by Crippen LogP contribution is 2.15. The molecule has 1 aliphatic heterocycles. The van der Waals surface area contributed by atoms with Gasteiger partial charge < -0.3 is 4.74 Å². The summed E-state index contributed by atoms with van der Waals surface area (Å²) in [6.07, 6.45) is 7.08. The summed E-state index contributed by atoms with van der Waals surface area (Å²) >= 11 is 0. The third kappa shape index (κ3) is 4.88. The van der Waals surface area contributed by atoms with Crippen LogP contribution in [0.4, 0.5) is 0 Å². The number of hydrogen-bond donors (Lipinski definition) is 0. The molecule has 0 amide bonds. The van der Waals surface area contributed by atoms with Crippen molar-refractivity contribution in [1.29, 1.82) is 5.26 Å². The van der Waals surface area contributed by atoms with Crippen molar-refractivity contribution >= 4 is 0 Å². The SMILES string of the molecule is N#CCCCOc1cc(CN2CCCCC2)ccn1. The van der Waals surface area contributed by atoms with Gasteiger partial charge in [-0.3, -0.25) is 4.90 Å². The van der Waals surface area contributed by atoms with Crippen LogP contribution in [-0.4, -0.2) is 29.6 Å². The normalized spacial score (nSPS) is 15.9. The quantitative estimate of drug-likeness (QED) is 0.737. The molecule has 1 aromatic heterocycles. The molecule has 0 unspecified atom stereocenters. The molecule has 0 aromatic carbocycles. The van der Waals surface area contributed by atoms with Crippen molar-refractivity contribution < 1.29 is 4.74 Å². The van der Waals surface area contributed by atoms with E-state index in [2.05, 4.69) is 22.0 Å². The fraction of sp³-hybridized carbons (Fsp3) is 0.600. The number of rotatable bonds is 6. The number of hydrogen-bond acceptors (Lipinski definition) is 4. The molecule has 1 aromatic rings. The predicted molar refractivity (Wildman–Crippen MR) is 73.7 cm³/mol. The molecule has 1 fully saturated rings. The second-order valence-corrected chi connectivity index (χ2v) is 4.95. The van der Waals surface area contributed by atoms with Crippen molar-refractivity contribution in [1.82, 2.24) is 9.88 Å². The molecule has 2 heterocycles. The molecule has 1 saturated heterocycles. The van der Waals surface area contributed by atoms with Crippen LogP contribution in [-0.2, 0) is 6.54 Å². The molecule has 0 atom stereocenters. The first-order valence-corrected chi connectivity index (χ1v) is 7.05. The van der Waals surface area contributed by atoms with Crippen LogP contribution in [0.3, 0.4) is 0 Å². The largest absolute Gasteiger partial charge is 0.478 e. The Labute approximate surface area is 115 Å². The lowest BCUT2D eigenvalue weighted by molar-refractivity contribution is 0.220. The lowest BCUT2D eigenvalue weighted by Crippen LogP contribution is -2.29. The van der Waals surface area contributed by atoms with Gasteiger partial charge in [-0.2, -0.15) is 5.26 Å². The fourth-order valence-corrected chi connectivity index (χ4v) is 2.33. The third-order valence-electron chi connectivity index (χ3n) is 3.34. The number of nitrogens with zero attached hydrogens (tertiary/aromatic N) is 3. The highest BCUT2D eigenvalue weighted by atomic mass is 16.5. The van der Waals surface area contributed by atoms with Crippen LogP contribution in [0.25, 0.3) is 0 Å². The Morgan fingerprint density at radius 3 is 2.95 bits per heavy atom. The molecule has 1 aliphatic rings. The predicted octanol–water partition coefficient (Wildman–Crippen LogP) is 2.75. The first-order chi connectivity index (χ1) is 9.38. The van der Waals surface area contributed by atoms with E-state index in [9.17, 15) is 0 Å². The Morgan fingerprint density at radius 1 is 1.32 bits per heavy atom. The minimum absolute atomic E-state index is 0.535. The zero-order chi connectivity index (χ0) is 13.3. The van der Waals surface area contributed by atoms with Gasteiger partial charge in [0.2, 0.25) is 5.88 Å². The van der Waals surface area contributed by atoms with Crippen molar-refractivity contribution in [2.24, 2.45) is 0 Å². The van der Waals surface area contributed by atoms with E-state index in [-0.39, 0.29) is 0 Å². The van der Waals surface area contributed by atoms with Gasteiger partial charge in [-0.15, -0.1) is 0 Å². The summed E-state index contributed by atoms with van der Waals surface area (Å²) in [6.45, 7) is 3.94. The van der Waals surface area contributed by atoms with E-state index in [0.29, 0.717) is 18.9 Å². The Kier molecular flexibility index (Phi) is 5.64. The maximum Gasteiger partial charge on any atom is 0.213 e. The van der Waals surface area contributed by atoms with E-state index in [0.717, 1.165) is 13.0 Å². The molecule has 0 N–H and O–H groups in total.